The second-order valence-electron chi connectivity index (χ2n) is 3.56. The highest BCUT2D eigenvalue weighted by atomic mass is 32.2. The first-order valence-corrected chi connectivity index (χ1v) is 5.51. The highest BCUT2D eigenvalue weighted by molar-refractivity contribution is 7.99. The quantitative estimate of drug-likeness (QED) is 0.735. The minimum atomic E-state index is -0.363. The number of carbonyl (C=O) groups excluding carboxylic acids is 1. The molecule has 1 atom stereocenters. The van der Waals surface area contributed by atoms with Gasteiger partial charge in [0.15, 0.2) is 0 Å². The second-order valence-corrected chi connectivity index (χ2v) is 5.07. The summed E-state index contributed by atoms with van der Waals surface area (Å²) in [7, 11) is 1.53. The summed E-state index contributed by atoms with van der Waals surface area (Å²) in [5.74, 6) is -0.0513. The summed E-state index contributed by atoms with van der Waals surface area (Å²) in [6.07, 6.45) is 1.67. The third kappa shape index (κ3) is 5.16. The summed E-state index contributed by atoms with van der Waals surface area (Å²) < 4.78 is 4.98. The monoisotopic (exact) mass is 205 g/mol. The maximum atomic E-state index is 11.3. The average Bonchev–Trinajstić information content (AvgIpc) is 2.13. The second kappa shape index (κ2) is 5.50. The van der Waals surface area contributed by atoms with Gasteiger partial charge in [-0.1, -0.05) is 0 Å². The molecule has 0 spiro atoms. The number of ether oxygens (including phenoxy) is 1. The molecule has 1 amide bonds. The van der Waals surface area contributed by atoms with Crippen LogP contribution in [0, 0.1) is 0 Å². The van der Waals surface area contributed by atoms with Crippen molar-refractivity contribution in [2.75, 3.05) is 19.9 Å². The Bertz CT molecular complexity index is 171. The first-order chi connectivity index (χ1) is 5.93. The fourth-order valence-corrected chi connectivity index (χ4v) is 0.839. The van der Waals surface area contributed by atoms with Crippen LogP contribution in [0.4, 0.5) is 0 Å². The predicted molar refractivity (Wildman–Crippen MR) is 57.1 cm³/mol. The molecule has 0 aromatic rings. The molecule has 78 valence electrons. The van der Waals surface area contributed by atoms with Crippen LogP contribution in [0.2, 0.25) is 0 Å². The van der Waals surface area contributed by atoms with Crippen LogP contribution >= 0.6 is 11.8 Å². The molecular weight excluding hydrogens is 186 g/mol. The first-order valence-electron chi connectivity index (χ1n) is 4.28. The molecule has 0 aromatic heterocycles. The Kier molecular flexibility index (Phi) is 5.40. The molecule has 0 aromatic carbocycles. The van der Waals surface area contributed by atoms with Crippen LogP contribution < -0.4 is 5.32 Å². The van der Waals surface area contributed by atoms with Crippen molar-refractivity contribution in [3.8, 4) is 0 Å². The van der Waals surface area contributed by atoms with Gasteiger partial charge in [0.25, 0.3) is 0 Å². The number of amides is 1. The number of rotatable bonds is 5. The van der Waals surface area contributed by atoms with Crippen molar-refractivity contribution in [3.05, 3.63) is 0 Å². The number of methoxy groups -OCH3 is 1. The number of hydrogen-bond donors (Lipinski definition) is 1. The van der Waals surface area contributed by atoms with Crippen molar-refractivity contribution in [3.63, 3.8) is 0 Å². The molecule has 0 aliphatic heterocycles. The van der Waals surface area contributed by atoms with E-state index in [1.807, 2.05) is 6.26 Å². The van der Waals surface area contributed by atoms with Crippen LogP contribution in [-0.2, 0) is 9.53 Å². The Morgan fingerprint density at radius 3 is 2.54 bits per heavy atom. The minimum Gasteiger partial charge on any atom is -0.372 e. The first kappa shape index (κ1) is 12.8. The maximum absolute atomic E-state index is 11.3. The van der Waals surface area contributed by atoms with Crippen molar-refractivity contribution in [2.45, 2.75) is 31.6 Å². The number of carbonyl (C=O) groups is 1. The van der Waals surface area contributed by atoms with Gasteiger partial charge >= 0.3 is 0 Å². The third-order valence-corrected chi connectivity index (χ3v) is 3.21. The fraction of sp³-hybridized carbons (Fsp3) is 0.889. The van der Waals surface area contributed by atoms with Crippen molar-refractivity contribution in [1.29, 1.82) is 0 Å². The van der Waals surface area contributed by atoms with Gasteiger partial charge < -0.3 is 10.1 Å². The molecule has 0 saturated heterocycles. The molecule has 3 nitrogen and oxygen atoms in total. The Balaban J connectivity index is 3.83. The van der Waals surface area contributed by atoms with E-state index in [0.717, 1.165) is 0 Å². The molecular formula is C9H19NO2S. The Morgan fingerprint density at radius 1 is 1.62 bits per heavy atom. The zero-order valence-electron chi connectivity index (χ0n) is 9.01. The molecule has 0 radical (unpaired) electrons. The lowest BCUT2D eigenvalue weighted by molar-refractivity contribution is -0.130. The van der Waals surface area contributed by atoms with Gasteiger partial charge in [-0.3, -0.25) is 4.79 Å². The van der Waals surface area contributed by atoms with Gasteiger partial charge in [-0.15, -0.1) is 0 Å². The van der Waals surface area contributed by atoms with Crippen LogP contribution in [0.3, 0.4) is 0 Å². The van der Waals surface area contributed by atoms with E-state index < -0.39 is 0 Å². The topological polar surface area (TPSA) is 38.3 Å². The summed E-state index contributed by atoms with van der Waals surface area (Å²) >= 11 is 1.73. The molecule has 0 rings (SSSR count). The predicted octanol–water partition coefficient (Wildman–Crippen LogP) is 1.28. The molecule has 1 N–H and O–H groups in total. The van der Waals surface area contributed by atoms with Gasteiger partial charge in [0.1, 0.15) is 6.10 Å². The van der Waals surface area contributed by atoms with Crippen LogP contribution in [-0.4, -0.2) is 36.7 Å². The van der Waals surface area contributed by atoms with Gasteiger partial charge in [0.2, 0.25) is 5.91 Å². The smallest absolute Gasteiger partial charge is 0.248 e. The van der Waals surface area contributed by atoms with Gasteiger partial charge in [0.05, 0.1) is 0 Å². The largest absolute Gasteiger partial charge is 0.372 e. The standard InChI is InChI=1S/C9H19NO2S/c1-7(12-4)8(11)10-6-9(2,3)13-5/h7H,6H2,1-5H3,(H,10,11). The van der Waals surface area contributed by atoms with Crippen LogP contribution in [0.25, 0.3) is 0 Å². The fourth-order valence-electron chi connectivity index (χ4n) is 0.623. The van der Waals surface area contributed by atoms with E-state index in [1.54, 1.807) is 18.7 Å². The number of hydrogen-bond acceptors (Lipinski definition) is 3. The summed E-state index contributed by atoms with van der Waals surface area (Å²) in [4.78, 5) is 11.3. The van der Waals surface area contributed by atoms with E-state index in [9.17, 15) is 4.79 Å². The van der Waals surface area contributed by atoms with Gasteiger partial charge in [-0.2, -0.15) is 11.8 Å². The van der Waals surface area contributed by atoms with Crippen LogP contribution in [0.1, 0.15) is 20.8 Å². The molecule has 0 aliphatic carbocycles. The highest BCUT2D eigenvalue weighted by Crippen LogP contribution is 2.19. The zero-order chi connectivity index (χ0) is 10.5. The van der Waals surface area contributed by atoms with Crippen molar-refractivity contribution < 1.29 is 9.53 Å². The van der Waals surface area contributed by atoms with Gasteiger partial charge in [-0.25, -0.2) is 0 Å². The maximum Gasteiger partial charge on any atom is 0.248 e. The van der Waals surface area contributed by atoms with E-state index in [4.69, 9.17) is 4.74 Å². The molecule has 13 heavy (non-hydrogen) atoms. The minimum absolute atomic E-state index is 0.0513. The van der Waals surface area contributed by atoms with Crippen molar-refractivity contribution in [1.82, 2.24) is 5.32 Å². The molecule has 0 saturated carbocycles. The van der Waals surface area contributed by atoms with E-state index in [1.165, 1.54) is 7.11 Å². The molecule has 0 heterocycles. The summed E-state index contributed by atoms with van der Waals surface area (Å²) in [5.41, 5.74) is 0. The molecule has 0 aliphatic rings. The summed E-state index contributed by atoms with van der Waals surface area (Å²) in [6.45, 7) is 6.59. The van der Waals surface area contributed by atoms with Crippen molar-refractivity contribution in [2.24, 2.45) is 0 Å². The van der Waals surface area contributed by atoms with Gasteiger partial charge in [0, 0.05) is 18.4 Å². The van der Waals surface area contributed by atoms with E-state index in [0.29, 0.717) is 6.54 Å². The Morgan fingerprint density at radius 2 is 2.15 bits per heavy atom. The normalized spacial score (nSPS) is 13.9. The van der Waals surface area contributed by atoms with Crippen molar-refractivity contribution >= 4 is 17.7 Å². The number of nitrogens with one attached hydrogen (secondary N) is 1. The Labute approximate surface area is 84.6 Å². The third-order valence-electron chi connectivity index (χ3n) is 1.96. The van der Waals surface area contributed by atoms with Crippen LogP contribution in [0.5, 0.6) is 0 Å². The number of thioether (sulfide) groups is 1. The molecule has 1 unspecified atom stereocenters. The lowest BCUT2D eigenvalue weighted by Crippen LogP contribution is -2.41. The van der Waals surface area contributed by atoms with E-state index >= 15 is 0 Å². The molecule has 0 bridgehead atoms. The lowest BCUT2D eigenvalue weighted by Gasteiger charge is -2.23. The van der Waals surface area contributed by atoms with E-state index in [2.05, 4.69) is 19.2 Å². The molecule has 0 fully saturated rings. The van der Waals surface area contributed by atoms with Gasteiger partial charge in [-0.05, 0) is 27.0 Å². The van der Waals surface area contributed by atoms with E-state index in [-0.39, 0.29) is 16.8 Å². The SMILES string of the molecule is COC(C)C(=O)NCC(C)(C)SC. The summed E-state index contributed by atoms with van der Waals surface area (Å²) in [5, 5.41) is 2.84. The molecule has 4 heteroatoms. The lowest BCUT2D eigenvalue weighted by atomic mass is 10.2. The van der Waals surface area contributed by atoms with Crippen LogP contribution in [0.15, 0.2) is 0 Å². The summed E-state index contributed by atoms with van der Waals surface area (Å²) in [6, 6.07) is 0. The average molecular weight is 205 g/mol. The Hall–Kier alpha value is -0.220. The highest BCUT2D eigenvalue weighted by Gasteiger charge is 2.18. The zero-order valence-corrected chi connectivity index (χ0v) is 9.83.